The maximum atomic E-state index is 12.8. The first kappa shape index (κ1) is 19.1. The molecule has 3 N–H and O–H groups in total. The van der Waals surface area contributed by atoms with Crippen LogP contribution in [0, 0.1) is 17.8 Å². The first-order valence-electron chi connectivity index (χ1n) is 10.5. The molecule has 2 amide bonds. The highest BCUT2D eigenvalue weighted by Gasteiger charge is 2.43. The van der Waals surface area contributed by atoms with Crippen LogP contribution in [0.5, 0.6) is 0 Å². The van der Waals surface area contributed by atoms with Gasteiger partial charge in [0.25, 0.3) is 5.91 Å². The second kappa shape index (κ2) is 7.77. The molecule has 31 heavy (non-hydrogen) atoms. The fourth-order valence-electron chi connectivity index (χ4n) is 4.12. The summed E-state index contributed by atoms with van der Waals surface area (Å²) in [5.74, 6) is 6.15. The van der Waals surface area contributed by atoms with E-state index in [1.54, 1.807) is 12.3 Å². The highest BCUT2D eigenvalue weighted by Crippen LogP contribution is 2.48. The summed E-state index contributed by atoms with van der Waals surface area (Å²) < 4.78 is 0. The molecule has 5 rings (SSSR count). The molecular formula is C25H22N4O2. The molecule has 1 fully saturated rings. The molecule has 2 heterocycles. The standard InChI is InChI=1S/C25H22N4O2/c1-2-3-5-10-21-20-14-26-29-25(31)19-11-16(12-22(28-21)23(19)20)27-24(30)18-13-17(18)15-8-6-4-7-9-15/h4,6-9,11-12,14,17-18,28H,2-3,13H2,1H3,(H,27,30)(H,29,31)/t17-,18+/m0/s1. The number of hydrogen-bond donors (Lipinski definition) is 3. The van der Waals surface area contributed by atoms with E-state index in [0.717, 1.165) is 41.4 Å². The Hall–Kier alpha value is -3.85. The van der Waals surface area contributed by atoms with Crippen LogP contribution < -0.4 is 10.7 Å². The van der Waals surface area contributed by atoms with Gasteiger partial charge >= 0.3 is 0 Å². The summed E-state index contributed by atoms with van der Waals surface area (Å²) >= 11 is 0. The van der Waals surface area contributed by atoms with Crippen molar-refractivity contribution < 1.29 is 9.59 Å². The zero-order chi connectivity index (χ0) is 21.4. The monoisotopic (exact) mass is 410 g/mol. The summed E-state index contributed by atoms with van der Waals surface area (Å²) in [6.07, 6.45) is 4.23. The molecule has 6 heteroatoms. The van der Waals surface area contributed by atoms with Gasteiger partial charge < -0.3 is 10.3 Å². The van der Waals surface area contributed by atoms with Gasteiger partial charge in [-0.3, -0.25) is 9.59 Å². The Morgan fingerprint density at radius 2 is 2.10 bits per heavy atom. The lowest BCUT2D eigenvalue weighted by Gasteiger charge is -2.08. The fraction of sp³-hybridized carbons (Fsp3) is 0.240. The van der Waals surface area contributed by atoms with E-state index in [4.69, 9.17) is 0 Å². The normalized spacial score (nSPS) is 18.7. The number of rotatable bonds is 4. The molecule has 1 aromatic heterocycles. The number of hydrogen-bond acceptors (Lipinski definition) is 3. The van der Waals surface area contributed by atoms with Gasteiger partial charge in [-0.2, -0.15) is 5.10 Å². The highest BCUT2D eigenvalue weighted by molar-refractivity contribution is 6.16. The van der Waals surface area contributed by atoms with Crippen LogP contribution in [0.1, 0.15) is 59.3 Å². The number of nitrogens with one attached hydrogen (secondary N) is 3. The number of benzene rings is 2. The zero-order valence-corrected chi connectivity index (χ0v) is 17.2. The fourth-order valence-corrected chi connectivity index (χ4v) is 4.12. The third kappa shape index (κ3) is 3.59. The predicted octanol–water partition coefficient (Wildman–Crippen LogP) is 4.14. The quantitative estimate of drug-likeness (QED) is 0.565. The van der Waals surface area contributed by atoms with E-state index >= 15 is 0 Å². The summed E-state index contributed by atoms with van der Waals surface area (Å²) in [5, 5.41) is 7.80. The molecule has 2 aliphatic rings. The van der Waals surface area contributed by atoms with E-state index in [9.17, 15) is 9.59 Å². The number of H-pyrrole nitrogens is 1. The topological polar surface area (TPSA) is 86.3 Å². The van der Waals surface area contributed by atoms with E-state index in [1.807, 2.05) is 24.3 Å². The Balaban J connectivity index is 1.46. The molecule has 0 spiro atoms. The lowest BCUT2D eigenvalue weighted by atomic mass is 10.0. The number of unbranched alkanes of at least 4 members (excludes halogenated alkanes) is 1. The van der Waals surface area contributed by atoms with Crippen molar-refractivity contribution in [2.45, 2.75) is 32.1 Å². The lowest BCUT2D eigenvalue weighted by Crippen LogP contribution is -2.18. The molecule has 6 nitrogen and oxygen atoms in total. The Bertz CT molecular complexity index is 1280. The first-order chi connectivity index (χ1) is 15.2. The molecule has 0 saturated heterocycles. The molecule has 0 bridgehead atoms. The van der Waals surface area contributed by atoms with Crippen LogP contribution in [0.2, 0.25) is 0 Å². The van der Waals surface area contributed by atoms with E-state index in [1.165, 1.54) is 5.56 Å². The highest BCUT2D eigenvalue weighted by atomic mass is 16.2. The largest absolute Gasteiger partial charge is 0.347 e. The van der Waals surface area contributed by atoms with Crippen molar-refractivity contribution in [1.82, 2.24) is 10.4 Å². The van der Waals surface area contributed by atoms with Crippen molar-refractivity contribution in [2.24, 2.45) is 11.0 Å². The maximum Gasteiger partial charge on any atom is 0.272 e. The average molecular weight is 410 g/mol. The molecule has 2 aromatic carbocycles. The Labute approximate surface area is 180 Å². The molecule has 2 atom stereocenters. The van der Waals surface area contributed by atoms with Crippen LogP contribution in [-0.4, -0.2) is 23.0 Å². The van der Waals surface area contributed by atoms with Crippen molar-refractivity contribution in [1.29, 1.82) is 0 Å². The number of anilines is 1. The smallest absolute Gasteiger partial charge is 0.272 e. The molecule has 1 aliphatic carbocycles. The zero-order valence-electron chi connectivity index (χ0n) is 17.2. The summed E-state index contributed by atoms with van der Waals surface area (Å²) in [7, 11) is 0. The van der Waals surface area contributed by atoms with E-state index in [0.29, 0.717) is 11.3 Å². The number of nitrogens with zero attached hydrogens (tertiary/aromatic N) is 1. The van der Waals surface area contributed by atoms with Crippen molar-refractivity contribution in [3.63, 3.8) is 0 Å². The summed E-state index contributed by atoms with van der Waals surface area (Å²) in [5.41, 5.74) is 7.04. The van der Waals surface area contributed by atoms with Crippen LogP contribution in [-0.2, 0) is 4.79 Å². The van der Waals surface area contributed by atoms with Gasteiger partial charge in [0, 0.05) is 34.5 Å². The van der Waals surface area contributed by atoms with Crippen LogP contribution in [0.25, 0.3) is 10.9 Å². The minimum absolute atomic E-state index is 0.0274. The van der Waals surface area contributed by atoms with Crippen LogP contribution in [0.4, 0.5) is 5.69 Å². The molecule has 3 aromatic rings. The van der Waals surface area contributed by atoms with Gasteiger partial charge in [-0.15, -0.1) is 0 Å². The Morgan fingerprint density at radius 3 is 2.90 bits per heavy atom. The summed E-state index contributed by atoms with van der Waals surface area (Å²) in [6.45, 7) is 2.08. The Morgan fingerprint density at radius 1 is 1.26 bits per heavy atom. The number of amides is 2. The summed E-state index contributed by atoms with van der Waals surface area (Å²) in [4.78, 5) is 28.7. The van der Waals surface area contributed by atoms with Crippen LogP contribution in [0.15, 0.2) is 47.6 Å². The third-order valence-electron chi connectivity index (χ3n) is 5.75. The average Bonchev–Trinajstić information content (AvgIpc) is 3.53. The molecule has 154 valence electrons. The summed E-state index contributed by atoms with van der Waals surface area (Å²) in [6, 6.07) is 13.7. The number of hydrazone groups is 1. The first-order valence-corrected chi connectivity index (χ1v) is 10.5. The van der Waals surface area contributed by atoms with Crippen molar-refractivity contribution in [3.8, 4) is 11.8 Å². The van der Waals surface area contributed by atoms with E-state index in [-0.39, 0.29) is 23.7 Å². The van der Waals surface area contributed by atoms with Gasteiger partial charge in [-0.05, 0) is 42.4 Å². The molecular weight excluding hydrogens is 388 g/mol. The SMILES string of the molecule is CCCC#Cc1[nH]c2cc(NC(=O)[C@@H]3C[C@H]3c3ccccc3)cc3c2c1C=NNC3=O. The maximum absolute atomic E-state index is 12.8. The molecule has 0 unspecified atom stereocenters. The number of aromatic nitrogens is 1. The minimum atomic E-state index is -0.309. The van der Waals surface area contributed by atoms with Gasteiger partial charge in [0.15, 0.2) is 0 Å². The van der Waals surface area contributed by atoms with Crippen LogP contribution in [0.3, 0.4) is 0 Å². The van der Waals surface area contributed by atoms with Gasteiger partial charge in [-0.25, -0.2) is 5.43 Å². The second-order valence-corrected chi connectivity index (χ2v) is 7.96. The molecule has 0 radical (unpaired) electrons. The second-order valence-electron chi connectivity index (χ2n) is 7.96. The lowest BCUT2D eigenvalue weighted by molar-refractivity contribution is -0.117. The van der Waals surface area contributed by atoms with Gasteiger partial charge in [0.05, 0.1) is 17.5 Å². The van der Waals surface area contributed by atoms with Gasteiger partial charge in [-0.1, -0.05) is 43.2 Å². The predicted molar refractivity (Wildman–Crippen MR) is 121 cm³/mol. The minimum Gasteiger partial charge on any atom is -0.347 e. The van der Waals surface area contributed by atoms with Gasteiger partial charge in [0.2, 0.25) is 5.91 Å². The molecule has 1 saturated carbocycles. The third-order valence-corrected chi connectivity index (χ3v) is 5.75. The van der Waals surface area contributed by atoms with Crippen molar-refractivity contribution in [3.05, 3.63) is 64.8 Å². The number of aromatic amines is 1. The van der Waals surface area contributed by atoms with Crippen LogP contribution >= 0.6 is 0 Å². The van der Waals surface area contributed by atoms with Gasteiger partial charge in [0.1, 0.15) is 0 Å². The number of carbonyl (C=O) groups excluding carboxylic acids is 2. The van der Waals surface area contributed by atoms with E-state index < -0.39 is 0 Å². The Kier molecular flexibility index (Phi) is 4.79. The van der Waals surface area contributed by atoms with Crippen molar-refractivity contribution >= 4 is 34.6 Å². The molecule has 1 aliphatic heterocycles. The van der Waals surface area contributed by atoms with Crippen molar-refractivity contribution in [2.75, 3.05) is 5.32 Å². The van der Waals surface area contributed by atoms with E-state index in [2.05, 4.69) is 51.7 Å². The number of carbonyl (C=O) groups is 2.